The molecule has 0 fully saturated rings. The molecule has 0 saturated carbocycles. The zero-order valence-electron chi connectivity index (χ0n) is 8.72. The molecule has 2 nitrogen and oxygen atoms in total. The Labute approximate surface area is 98.1 Å². The van der Waals surface area contributed by atoms with E-state index in [1.165, 1.54) is 5.56 Å². The lowest BCUT2D eigenvalue weighted by Crippen LogP contribution is -2.36. The molecule has 3 heteroatoms. The average Bonchev–Trinajstić information content (AvgIpc) is 2.83. The Kier molecular flexibility index (Phi) is 2.26. The first kappa shape index (κ1) is 9.60. The molecule has 0 radical (unpaired) electrons. The molecule has 1 aliphatic rings. The highest BCUT2D eigenvalue weighted by molar-refractivity contribution is 7.14. The van der Waals surface area contributed by atoms with E-state index in [0.717, 1.165) is 23.5 Å². The first-order valence-corrected chi connectivity index (χ1v) is 6.17. The second kappa shape index (κ2) is 3.76. The van der Waals surface area contributed by atoms with Crippen LogP contribution in [0.1, 0.15) is 15.9 Å². The van der Waals surface area contributed by atoms with Crippen LogP contribution < -0.4 is 4.90 Å². The summed E-state index contributed by atoms with van der Waals surface area (Å²) in [5.41, 5.74) is 2.02. The lowest BCUT2D eigenvalue weighted by atomic mass is 9.99. The smallest absolute Gasteiger partial charge is 0.259 e. The van der Waals surface area contributed by atoms with Crippen molar-refractivity contribution in [3.63, 3.8) is 0 Å². The van der Waals surface area contributed by atoms with Crippen LogP contribution in [0, 0.1) is 0 Å². The Bertz CT molecular complexity index is 518. The first-order chi connectivity index (χ1) is 7.86. The number of thiophene rings is 1. The number of rotatable bonds is 1. The summed E-state index contributed by atoms with van der Waals surface area (Å²) >= 11 is 1.61. The van der Waals surface area contributed by atoms with Crippen molar-refractivity contribution in [1.29, 1.82) is 0 Å². The molecule has 0 N–H and O–H groups in total. The molecule has 0 spiro atoms. The van der Waals surface area contributed by atoms with Gasteiger partial charge < -0.3 is 0 Å². The van der Waals surface area contributed by atoms with Gasteiger partial charge in [0.15, 0.2) is 0 Å². The van der Waals surface area contributed by atoms with Crippen molar-refractivity contribution >= 4 is 22.2 Å². The van der Waals surface area contributed by atoms with Gasteiger partial charge in [0.05, 0.1) is 5.00 Å². The predicted octanol–water partition coefficient (Wildman–Crippen LogP) is 2.95. The number of carbonyl (C=O) groups is 1. The normalized spacial score (nSPS) is 15.0. The maximum atomic E-state index is 12.2. The standard InChI is InChI=1S/C13H11NOS/c15-13-11-5-2-1-4-10(11)7-8-14(13)12-6-3-9-16-12/h1-6,9H,7-8H2. The van der Waals surface area contributed by atoms with Crippen LogP contribution in [0.4, 0.5) is 5.00 Å². The third-order valence-corrected chi connectivity index (χ3v) is 3.76. The van der Waals surface area contributed by atoms with Crippen LogP contribution in [0.2, 0.25) is 0 Å². The first-order valence-electron chi connectivity index (χ1n) is 5.29. The van der Waals surface area contributed by atoms with Crippen molar-refractivity contribution in [3.8, 4) is 0 Å². The van der Waals surface area contributed by atoms with E-state index in [9.17, 15) is 4.79 Å². The van der Waals surface area contributed by atoms with Crippen molar-refractivity contribution in [2.45, 2.75) is 6.42 Å². The van der Waals surface area contributed by atoms with Crippen molar-refractivity contribution in [3.05, 3.63) is 52.9 Å². The zero-order valence-corrected chi connectivity index (χ0v) is 9.54. The van der Waals surface area contributed by atoms with Gasteiger partial charge in [-0.05, 0) is 35.6 Å². The molecule has 3 rings (SSSR count). The van der Waals surface area contributed by atoms with Gasteiger partial charge >= 0.3 is 0 Å². The van der Waals surface area contributed by atoms with Gasteiger partial charge in [-0.1, -0.05) is 18.2 Å². The topological polar surface area (TPSA) is 20.3 Å². The highest BCUT2D eigenvalue weighted by atomic mass is 32.1. The van der Waals surface area contributed by atoms with Crippen molar-refractivity contribution in [2.75, 3.05) is 11.4 Å². The highest BCUT2D eigenvalue weighted by Crippen LogP contribution is 2.27. The molecule has 1 amide bonds. The van der Waals surface area contributed by atoms with Crippen LogP contribution in [-0.4, -0.2) is 12.5 Å². The van der Waals surface area contributed by atoms with Gasteiger partial charge in [-0.15, -0.1) is 11.3 Å². The third kappa shape index (κ3) is 1.44. The van der Waals surface area contributed by atoms with Crippen molar-refractivity contribution in [2.24, 2.45) is 0 Å². The van der Waals surface area contributed by atoms with Crippen LogP contribution in [0.25, 0.3) is 0 Å². The van der Waals surface area contributed by atoms with E-state index in [0.29, 0.717) is 0 Å². The van der Waals surface area contributed by atoms with Gasteiger partial charge in [-0.3, -0.25) is 9.69 Å². The molecule has 0 atom stereocenters. The number of amides is 1. The number of fused-ring (bicyclic) bond motifs is 1. The van der Waals surface area contributed by atoms with Gasteiger partial charge in [0.2, 0.25) is 0 Å². The Balaban J connectivity index is 2.01. The second-order valence-electron chi connectivity index (χ2n) is 3.82. The van der Waals surface area contributed by atoms with Crippen molar-refractivity contribution < 1.29 is 4.79 Å². The fraction of sp³-hybridized carbons (Fsp3) is 0.154. The summed E-state index contributed by atoms with van der Waals surface area (Å²) < 4.78 is 0. The Morgan fingerprint density at radius 2 is 2.00 bits per heavy atom. The van der Waals surface area contributed by atoms with Gasteiger partial charge in [-0.2, -0.15) is 0 Å². The van der Waals surface area contributed by atoms with Crippen LogP contribution in [0.3, 0.4) is 0 Å². The summed E-state index contributed by atoms with van der Waals surface area (Å²) in [6.07, 6.45) is 0.944. The summed E-state index contributed by atoms with van der Waals surface area (Å²) in [5.74, 6) is 0.129. The summed E-state index contributed by atoms with van der Waals surface area (Å²) in [5, 5.41) is 3.04. The fourth-order valence-electron chi connectivity index (χ4n) is 2.06. The van der Waals surface area contributed by atoms with Crippen LogP contribution >= 0.6 is 11.3 Å². The molecule has 0 saturated heterocycles. The van der Waals surface area contributed by atoms with Crippen molar-refractivity contribution in [1.82, 2.24) is 0 Å². The summed E-state index contributed by atoms with van der Waals surface area (Å²) in [4.78, 5) is 14.1. The molecule has 1 aliphatic heterocycles. The fourth-order valence-corrected chi connectivity index (χ4v) is 2.82. The molecule has 1 aromatic carbocycles. The van der Waals surface area contributed by atoms with E-state index in [1.54, 1.807) is 11.3 Å². The summed E-state index contributed by atoms with van der Waals surface area (Å²) in [7, 11) is 0. The van der Waals surface area contributed by atoms with Gasteiger partial charge in [0, 0.05) is 12.1 Å². The zero-order chi connectivity index (χ0) is 11.0. The predicted molar refractivity (Wildman–Crippen MR) is 66.1 cm³/mol. The SMILES string of the molecule is O=C1c2ccccc2CCN1c1cccs1. The maximum Gasteiger partial charge on any atom is 0.259 e. The van der Waals surface area contributed by atoms with E-state index in [4.69, 9.17) is 0 Å². The molecular weight excluding hydrogens is 218 g/mol. The molecule has 80 valence electrons. The van der Waals surface area contributed by atoms with E-state index >= 15 is 0 Å². The van der Waals surface area contributed by atoms with Crippen LogP contribution in [0.15, 0.2) is 41.8 Å². The number of benzene rings is 1. The largest absolute Gasteiger partial charge is 0.299 e. The lowest BCUT2D eigenvalue weighted by molar-refractivity contribution is 0.0981. The summed E-state index contributed by atoms with van der Waals surface area (Å²) in [6, 6.07) is 11.8. The van der Waals surface area contributed by atoms with Gasteiger partial charge in [-0.25, -0.2) is 0 Å². The molecule has 1 aromatic heterocycles. The quantitative estimate of drug-likeness (QED) is 0.736. The molecule has 2 aromatic rings. The molecule has 16 heavy (non-hydrogen) atoms. The molecule has 0 aliphatic carbocycles. The monoisotopic (exact) mass is 229 g/mol. The Hall–Kier alpha value is -1.61. The van der Waals surface area contributed by atoms with E-state index < -0.39 is 0 Å². The minimum Gasteiger partial charge on any atom is -0.299 e. The van der Waals surface area contributed by atoms with Crippen LogP contribution in [-0.2, 0) is 6.42 Å². The maximum absolute atomic E-state index is 12.2. The lowest BCUT2D eigenvalue weighted by Gasteiger charge is -2.27. The second-order valence-corrected chi connectivity index (χ2v) is 4.74. The molecule has 0 unspecified atom stereocenters. The Morgan fingerprint density at radius 1 is 1.12 bits per heavy atom. The summed E-state index contributed by atoms with van der Waals surface area (Å²) in [6.45, 7) is 0.788. The molecule has 2 heterocycles. The minimum atomic E-state index is 0.129. The van der Waals surface area contributed by atoms with E-state index in [1.807, 2.05) is 46.7 Å². The van der Waals surface area contributed by atoms with Gasteiger partial charge in [0.25, 0.3) is 5.91 Å². The average molecular weight is 229 g/mol. The van der Waals surface area contributed by atoms with Crippen LogP contribution in [0.5, 0.6) is 0 Å². The number of hydrogen-bond acceptors (Lipinski definition) is 2. The molecular formula is C13H11NOS. The number of nitrogens with zero attached hydrogens (tertiary/aromatic N) is 1. The third-order valence-electron chi connectivity index (χ3n) is 2.87. The van der Waals surface area contributed by atoms with Gasteiger partial charge in [0.1, 0.15) is 0 Å². The minimum absolute atomic E-state index is 0.129. The molecule has 0 bridgehead atoms. The highest BCUT2D eigenvalue weighted by Gasteiger charge is 2.25. The Morgan fingerprint density at radius 3 is 2.81 bits per heavy atom. The van der Waals surface area contributed by atoms with E-state index in [-0.39, 0.29) is 5.91 Å². The number of carbonyl (C=O) groups excluding carboxylic acids is 1. The number of hydrogen-bond donors (Lipinski definition) is 0. The number of anilines is 1. The van der Waals surface area contributed by atoms with E-state index in [2.05, 4.69) is 0 Å².